The van der Waals surface area contributed by atoms with Crippen molar-refractivity contribution in [1.29, 1.82) is 0 Å². The van der Waals surface area contributed by atoms with Crippen LogP contribution in [-0.4, -0.2) is 10.9 Å². The molecule has 0 aliphatic rings. The fourth-order valence-corrected chi connectivity index (χ4v) is 3.88. The van der Waals surface area contributed by atoms with Crippen LogP contribution in [0.15, 0.2) is 63.9 Å². The largest absolute Gasteiger partial charge is 0.451 e. The molecule has 5 nitrogen and oxygen atoms in total. The molecule has 28 heavy (non-hydrogen) atoms. The first-order valence-electron chi connectivity index (χ1n) is 8.54. The lowest BCUT2D eigenvalue weighted by molar-refractivity contribution is 0.0997. The predicted molar refractivity (Wildman–Crippen MR) is 112 cm³/mol. The highest BCUT2D eigenvalue weighted by atomic mass is 35.5. The predicted octanol–water partition coefficient (Wildman–Crippen LogP) is 5.05. The lowest BCUT2D eigenvalue weighted by atomic mass is 10.1. The summed E-state index contributed by atoms with van der Waals surface area (Å²) >= 11 is 7.70. The molecule has 1 amide bonds. The van der Waals surface area contributed by atoms with Gasteiger partial charge in [0, 0.05) is 28.6 Å². The second-order valence-electron chi connectivity index (χ2n) is 6.28. The molecule has 7 heteroatoms. The monoisotopic (exact) mass is 410 g/mol. The summed E-state index contributed by atoms with van der Waals surface area (Å²) < 4.78 is 5.56. The summed E-state index contributed by atoms with van der Waals surface area (Å²) in [6, 6.07) is 13.9. The summed E-state index contributed by atoms with van der Waals surface area (Å²) in [5, 5.41) is 4.29. The highest BCUT2D eigenvalue weighted by Gasteiger charge is 2.15. The fourth-order valence-electron chi connectivity index (χ4n) is 2.85. The van der Waals surface area contributed by atoms with Crippen LogP contribution in [-0.2, 0) is 6.42 Å². The molecule has 0 saturated carbocycles. The number of nitrogens with one attached hydrogen (secondary N) is 1. The normalized spacial score (nSPS) is 10.9. The van der Waals surface area contributed by atoms with Crippen molar-refractivity contribution < 1.29 is 9.21 Å². The van der Waals surface area contributed by atoms with Gasteiger partial charge in [-0.25, -0.2) is 4.98 Å². The number of halogens is 1. The molecule has 0 aliphatic carbocycles. The minimum Gasteiger partial charge on any atom is -0.451 e. The first-order chi connectivity index (χ1) is 13.5. The second-order valence-corrected chi connectivity index (χ2v) is 7.77. The van der Waals surface area contributed by atoms with E-state index in [9.17, 15) is 9.59 Å². The Bertz CT molecular complexity index is 1250. The van der Waals surface area contributed by atoms with Gasteiger partial charge in [-0.05, 0) is 30.2 Å². The number of amides is 1. The average Bonchev–Trinajstić information content (AvgIpc) is 3.12. The molecule has 1 N–H and O–H groups in total. The van der Waals surface area contributed by atoms with Crippen molar-refractivity contribution in [3.05, 3.63) is 91.7 Å². The Balaban J connectivity index is 1.53. The molecule has 4 aromatic rings. The van der Waals surface area contributed by atoms with Gasteiger partial charge in [0.15, 0.2) is 16.3 Å². The maximum Gasteiger partial charge on any atom is 0.293 e. The van der Waals surface area contributed by atoms with E-state index in [-0.39, 0.29) is 11.2 Å². The van der Waals surface area contributed by atoms with Gasteiger partial charge in [0.25, 0.3) is 5.91 Å². The van der Waals surface area contributed by atoms with E-state index < -0.39 is 5.91 Å². The van der Waals surface area contributed by atoms with Crippen LogP contribution in [0.1, 0.15) is 26.6 Å². The minimum atomic E-state index is -0.516. The third-order valence-electron chi connectivity index (χ3n) is 4.27. The highest BCUT2D eigenvalue weighted by molar-refractivity contribution is 7.15. The average molecular weight is 411 g/mol. The van der Waals surface area contributed by atoms with E-state index in [2.05, 4.69) is 10.3 Å². The maximum absolute atomic E-state index is 12.5. The van der Waals surface area contributed by atoms with E-state index >= 15 is 0 Å². The Kier molecular flexibility index (Phi) is 4.98. The summed E-state index contributed by atoms with van der Waals surface area (Å²) in [6.07, 6.45) is 2.33. The first-order valence-corrected chi connectivity index (χ1v) is 9.73. The number of carbonyl (C=O) groups is 1. The summed E-state index contributed by atoms with van der Waals surface area (Å²) in [7, 11) is 0. The number of hydrogen-bond donors (Lipinski definition) is 1. The zero-order valence-corrected chi connectivity index (χ0v) is 16.4. The SMILES string of the molecule is Cc1cccc(Cc2cnc(NC(=O)c3cc(=O)c4ccccc4o3)s2)c1Cl. The van der Waals surface area contributed by atoms with Crippen LogP contribution in [0.5, 0.6) is 0 Å². The molecule has 0 unspecified atom stereocenters. The standard InChI is InChI=1S/C21H15ClN2O3S/c1-12-5-4-6-13(19(12)22)9-14-11-23-21(28-14)24-20(26)18-10-16(25)15-7-2-3-8-17(15)27-18/h2-8,10-11H,9H2,1H3,(H,23,24,26). The van der Waals surface area contributed by atoms with Gasteiger partial charge in [-0.15, -0.1) is 11.3 Å². The van der Waals surface area contributed by atoms with Gasteiger partial charge in [-0.3, -0.25) is 14.9 Å². The lowest BCUT2D eigenvalue weighted by Gasteiger charge is -2.04. The number of para-hydroxylation sites is 1. The van der Waals surface area contributed by atoms with Crippen LogP contribution in [0.4, 0.5) is 5.13 Å². The molecule has 0 bridgehead atoms. The maximum atomic E-state index is 12.5. The summed E-state index contributed by atoms with van der Waals surface area (Å²) in [4.78, 5) is 29.8. The summed E-state index contributed by atoms with van der Waals surface area (Å²) in [6.45, 7) is 1.96. The summed E-state index contributed by atoms with van der Waals surface area (Å²) in [5.41, 5.74) is 2.13. The first kappa shape index (κ1) is 18.4. The Morgan fingerprint density at radius 2 is 2.04 bits per heavy atom. The number of carbonyl (C=O) groups excluding carboxylic acids is 1. The number of fused-ring (bicyclic) bond motifs is 1. The van der Waals surface area contributed by atoms with Crippen molar-refractivity contribution >= 4 is 44.9 Å². The van der Waals surface area contributed by atoms with Gasteiger partial charge in [0.1, 0.15) is 5.58 Å². The number of aromatic nitrogens is 1. The fraction of sp³-hybridized carbons (Fsp3) is 0.0952. The van der Waals surface area contributed by atoms with Gasteiger partial charge in [-0.2, -0.15) is 0 Å². The topological polar surface area (TPSA) is 72.2 Å². The van der Waals surface area contributed by atoms with Gasteiger partial charge >= 0.3 is 0 Å². The van der Waals surface area contributed by atoms with Gasteiger partial charge < -0.3 is 4.42 Å². The quantitative estimate of drug-likeness (QED) is 0.510. The zero-order valence-electron chi connectivity index (χ0n) is 14.9. The molecule has 0 saturated heterocycles. The molecule has 4 rings (SSSR count). The number of thiazole rings is 1. The number of benzene rings is 2. The van der Waals surface area contributed by atoms with Crippen molar-refractivity contribution in [3.63, 3.8) is 0 Å². The van der Waals surface area contributed by atoms with Crippen molar-refractivity contribution in [3.8, 4) is 0 Å². The van der Waals surface area contributed by atoms with Crippen molar-refractivity contribution in [2.75, 3.05) is 5.32 Å². The van der Waals surface area contributed by atoms with E-state index in [1.807, 2.05) is 25.1 Å². The molecule has 140 valence electrons. The van der Waals surface area contributed by atoms with Gasteiger partial charge in [0.2, 0.25) is 0 Å². The summed E-state index contributed by atoms with van der Waals surface area (Å²) in [5.74, 6) is -0.570. The molecular formula is C21H15ClN2O3S. The molecule has 2 heterocycles. The molecule has 0 radical (unpaired) electrons. The van der Waals surface area contributed by atoms with Crippen LogP contribution < -0.4 is 10.7 Å². The van der Waals surface area contributed by atoms with Crippen LogP contribution in [0.3, 0.4) is 0 Å². The third kappa shape index (κ3) is 3.69. The molecular weight excluding hydrogens is 396 g/mol. The molecule has 0 spiro atoms. The van der Waals surface area contributed by atoms with Crippen LogP contribution in [0, 0.1) is 6.92 Å². The number of hydrogen-bond acceptors (Lipinski definition) is 5. The van der Waals surface area contributed by atoms with Crippen LogP contribution >= 0.6 is 22.9 Å². The molecule has 0 aliphatic heterocycles. The van der Waals surface area contributed by atoms with Gasteiger partial charge in [0.05, 0.1) is 5.39 Å². The van der Waals surface area contributed by atoms with E-state index in [4.69, 9.17) is 16.0 Å². The number of rotatable bonds is 4. The van der Waals surface area contributed by atoms with Gasteiger partial charge in [-0.1, -0.05) is 41.9 Å². The Morgan fingerprint density at radius 1 is 1.21 bits per heavy atom. The Morgan fingerprint density at radius 3 is 2.89 bits per heavy atom. The highest BCUT2D eigenvalue weighted by Crippen LogP contribution is 2.27. The molecule has 0 fully saturated rings. The zero-order chi connectivity index (χ0) is 19.7. The molecule has 0 atom stereocenters. The smallest absolute Gasteiger partial charge is 0.293 e. The minimum absolute atomic E-state index is 0.0535. The van der Waals surface area contributed by atoms with E-state index in [0.29, 0.717) is 22.5 Å². The number of anilines is 1. The number of nitrogens with zero attached hydrogens (tertiary/aromatic N) is 1. The van der Waals surface area contributed by atoms with Crippen molar-refractivity contribution in [1.82, 2.24) is 4.98 Å². The molecule has 2 aromatic heterocycles. The van der Waals surface area contributed by atoms with Crippen LogP contribution in [0.25, 0.3) is 11.0 Å². The second kappa shape index (κ2) is 7.58. The van der Waals surface area contributed by atoms with Crippen molar-refractivity contribution in [2.24, 2.45) is 0 Å². The van der Waals surface area contributed by atoms with Crippen LogP contribution in [0.2, 0.25) is 5.02 Å². The van der Waals surface area contributed by atoms with E-state index in [0.717, 1.165) is 21.0 Å². The third-order valence-corrected chi connectivity index (χ3v) is 5.72. The molecule has 2 aromatic carbocycles. The Labute approximate surface area is 169 Å². The lowest BCUT2D eigenvalue weighted by Crippen LogP contribution is -2.14. The van der Waals surface area contributed by atoms with Crippen molar-refractivity contribution in [2.45, 2.75) is 13.3 Å². The van der Waals surface area contributed by atoms with E-state index in [1.165, 1.54) is 17.4 Å². The number of aryl methyl sites for hydroxylation is 1. The van der Waals surface area contributed by atoms with E-state index in [1.54, 1.807) is 30.5 Å². The Hall–Kier alpha value is -2.96.